The minimum Gasteiger partial charge on any atom is -0.338 e. The Morgan fingerprint density at radius 2 is 1.35 bits per heavy atom. The molecule has 3 N–H and O–H groups in total. The fourth-order valence-electron chi connectivity index (χ4n) is 6.43. The van der Waals surface area contributed by atoms with E-state index in [-0.39, 0.29) is 32.1 Å². The van der Waals surface area contributed by atoms with Gasteiger partial charge in [-0.15, -0.1) is 9.48 Å². The number of unbranched alkanes of at least 4 members (excludes halogenated alkanes) is 3. The zero-order valence-corrected chi connectivity index (χ0v) is 32.1. The molecule has 8 amide bonds. The van der Waals surface area contributed by atoms with Gasteiger partial charge in [0.25, 0.3) is 0 Å². The minimum atomic E-state index is -0.801. The van der Waals surface area contributed by atoms with Crippen molar-refractivity contribution in [3.05, 3.63) is 0 Å². The molecule has 0 bridgehead atoms. The van der Waals surface area contributed by atoms with E-state index in [1.54, 1.807) is 12.2 Å². The lowest BCUT2D eigenvalue weighted by atomic mass is 10.2. The first kappa shape index (κ1) is 41.0. The Labute approximate surface area is 290 Å². The molecule has 2 aliphatic rings. The molecule has 0 spiro atoms. The van der Waals surface area contributed by atoms with E-state index in [1.807, 2.05) is 0 Å². The van der Waals surface area contributed by atoms with E-state index in [9.17, 15) is 28.8 Å². The van der Waals surface area contributed by atoms with Crippen molar-refractivity contribution < 1.29 is 33.3 Å². The lowest BCUT2D eigenvalue weighted by Crippen LogP contribution is -2.68. The number of carbonyl (C=O) groups excluding carboxylic acids is 6. The van der Waals surface area contributed by atoms with Crippen LogP contribution in [0.25, 0.3) is 0 Å². The van der Waals surface area contributed by atoms with Crippen molar-refractivity contribution >= 4 is 55.3 Å². The molecule has 14 nitrogen and oxygen atoms in total. The maximum absolute atomic E-state index is 13.7. The normalized spacial score (nSPS) is 21.5. The Morgan fingerprint density at radius 1 is 0.750 bits per heavy atom. The van der Waals surface area contributed by atoms with Crippen LogP contribution in [0.2, 0.25) is 25.2 Å². The van der Waals surface area contributed by atoms with Gasteiger partial charge in [-0.25, -0.2) is 33.7 Å². The molecular weight excluding hydrogens is 649 g/mol. The molecule has 16 heteroatoms. The van der Waals surface area contributed by atoms with Gasteiger partial charge in [-0.2, -0.15) is 4.99 Å². The number of aliphatic imine (C=N–C) groups is 2. The summed E-state index contributed by atoms with van der Waals surface area (Å²) in [6, 6.07) is 0.478. The second-order valence-electron chi connectivity index (χ2n) is 12.8. The number of imide groups is 2. The molecular formula is C32H59N8O6Si2+. The number of hydrogen-bond donors (Lipinski definition) is 3. The van der Waals surface area contributed by atoms with E-state index in [0.717, 1.165) is 63.5 Å². The Balaban J connectivity index is 1.99. The van der Waals surface area contributed by atoms with Crippen LogP contribution >= 0.6 is 0 Å². The summed E-state index contributed by atoms with van der Waals surface area (Å²) in [7, 11) is -0.229. The number of nitrogens with zero attached hydrogens (tertiary/aromatic N) is 5. The Bertz CT molecular complexity index is 1120. The van der Waals surface area contributed by atoms with Crippen molar-refractivity contribution in [2.24, 2.45) is 9.98 Å². The topological polar surface area (TPSA) is 170 Å². The van der Waals surface area contributed by atoms with Crippen LogP contribution in [-0.4, -0.2) is 121 Å². The van der Waals surface area contributed by atoms with Crippen LogP contribution in [0.1, 0.15) is 89.9 Å². The smallest absolute Gasteiger partial charge is 0.338 e. The summed E-state index contributed by atoms with van der Waals surface area (Å²) < 4.78 is -0.558. The number of rotatable bonds is 17. The number of amides is 8. The second kappa shape index (κ2) is 24.0. The van der Waals surface area contributed by atoms with Crippen LogP contribution in [-0.2, 0) is 9.59 Å². The zero-order valence-electron chi connectivity index (χ0n) is 29.3. The predicted octanol–water partition coefficient (Wildman–Crippen LogP) is 3.74. The minimum absolute atomic E-state index is 0.109. The van der Waals surface area contributed by atoms with E-state index in [0.29, 0.717) is 64.7 Å². The average Bonchev–Trinajstić information content (AvgIpc) is 3.45. The predicted molar refractivity (Wildman–Crippen MR) is 191 cm³/mol. The lowest BCUT2D eigenvalue weighted by molar-refractivity contribution is -0.795. The van der Waals surface area contributed by atoms with Crippen molar-refractivity contribution in [2.75, 3.05) is 39.3 Å². The highest BCUT2D eigenvalue weighted by Gasteiger charge is 2.52. The van der Waals surface area contributed by atoms with Crippen LogP contribution in [0.15, 0.2) is 9.98 Å². The van der Waals surface area contributed by atoms with Gasteiger partial charge >= 0.3 is 24.1 Å². The molecule has 3 atom stereocenters. The van der Waals surface area contributed by atoms with Gasteiger partial charge in [0.1, 0.15) is 6.17 Å². The summed E-state index contributed by atoms with van der Waals surface area (Å²) in [6.07, 6.45) is 12.1. The molecule has 0 aromatic carbocycles. The SMILES string of the molecule is C[SiH2]CCCNC(=O)N(CCCCCCNC(=O)[N+]1(C(=O)NCCC[SiH2]C)CCCCCC1N=C=O)C(=O)N1CCCCCC1N=C=O. The van der Waals surface area contributed by atoms with Crippen LogP contribution in [0, 0.1) is 0 Å². The third-order valence-corrected chi connectivity index (χ3v) is 11.7. The van der Waals surface area contributed by atoms with E-state index >= 15 is 0 Å². The summed E-state index contributed by atoms with van der Waals surface area (Å²) >= 11 is 0. The van der Waals surface area contributed by atoms with Gasteiger partial charge in [-0.1, -0.05) is 44.4 Å². The molecule has 0 aromatic heterocycles. The highest BCUT2D eigenvalue weighted by atomic mass is 28.2. The van der Waals surface area contributed by atoms with Crippen LogP contribution in [0.5, 0.6) is 0 Å². The van der Waals surface area contributed by atoms with Crippen molar-refractivity contribution in [1.29, 1.82) is 0 Å². The maximum Gasteiger partial charge on any atom is 0.427 e. The summed E-state index contributed by atoms with van der Waals surface area (Å²) in [4.78, 5) is 87.0. The monoisotopic (exact) mass is 707 g/mol. The van der Waals surface area contributed by atoms with Crippen molar-refractivity contribution in [3.63, 3.8) is 0 Å². The van der Waals surface area contributed by atoms with Crippen molar-refractivity contribution in [3.8, 4) is 0 Å². The van der Waals surface area contributed by atoms with Gasteiger partial charge in [-0.05, 0) is 64.2 Å². The number of likely N-dealkylation sites (tertiary alicyclic amines) is 2. The molecule has 2 rings (SSSR count). The Kier molecular flexibility index (Phi) is 20.5. The molecule has 3 unspecified atom stereocenters. The maximum atomic E-state index is 13.7. The molecule has 2 aliphatic heterocycles. The van der Waals surface area contributed by atoms with Crippen LogP contribution in [0.4, 0.5) is 19.2 Å². The molecule has 2 saturated heterocycles. The number of quaternary nitrogens is 1. The number of urea groups is 4. The van der Waals surface area contributed by atoms with Gasteiger partial charge in [0.05, 0.1) is 6.54 Å². The van der Waals surface area contributed by atoms with Crippen LogP contribution < -0.4 is 16.0 Å². The summed E-state index contributed by atoms with van der Waals surface area (Å²) in [5.41, 5.74) is 0. The fourth-order valence-corrected chi connectivity index (χ4v) is 7.93. The standard InChI is InChI=1S/C32H58N8O6Si2/c1-47-23-13-18-33-29(43)39(32(46)38-20-11-5-7-15-27(38)36-25-41)21-10-4-3-9-17-34-30(44)40(31(45)35-19-14-24-48-2)22-12-6-8-16-28(40)37-26-42/h27-28H,3-24,47-48H2,1-2H3,(H2-,33,34,35,43,44,45)/p+1. The fraction of sp³-hybridized carbons (Fsp3) is 0.812. The van der Waals surface area contributed by atoms with Crippen LogP contribution in [0.3, 0.4) is 0 Å². The highest BCUT2D eigenvalue weighted by Crippen LogP contribution is 2.27. The van der Waals surface area contributed by atoms with Gasteiger partial charge in [-0.3, -0.25) is 0 Å². The average molecular weight is 708 g/mol. The number of isocyanates is 2. The molecule has 2 heterocycles. The number of nitrogens with one attached hydrogen (secondary N) is 3. The van der Waals surface area contributed by atoms with E-state index in [4.69, 9.17) is 0 Å². The van der Waals surface area contributed by atoms with Gasteiger partial charge in [0, 0.05) is 58.2 Å². The van der Waals surface area contributed by atoms with Crippen molar-refractivity contribution in [2.45, 2.75) is 127 Å². The third-order valence-electron chi connectivity index (χ3n) is 9.25. The van der Waals surface area contributed by atoms with E-state index in [1.165, 1.54) is 9.80 Å². The summed E-state index contributed by atoms with van der Waals surface area (Å²) in [6.45, 7) is 6.70. The zero-order chi connectivity index (χ0) is 35.0. The molecule has 0 radical (unpaired) electrons. The number of carbonyl (C=O) groups is 4. The molecule has 0 saturated carbocycles. The Morgan fingerprint density at radius 3 is 2.02 bits per heavy atom. The van der Waals surface area contributed by atoms with E-state index in [2.05, 4.69) is 39.0 Å². The lowest BCUT2D eigenvalue weighted by Gasteiger charge is -2.35. The Hall–Kier alpha value is -3.17. The molecule has 270 valence electrons. The molecule has 0 aliphatic carbocycles. The second-order valence-corrected chi connectivity index (χ2v) is 16.3. The first-order chi connectivity index (χ1) is 23.4. The quantitative estimate of drug-likeness (QED) is 0.0684. The highest BCUT2D eigenvalue weighted by molar-refractivity contribution is 6.33. The third kappa shape index (κ3) is 13.0. The largest absolute Gasteiger partial charge is 0.427 e. The number of hydrogen-bond acceptors (Lipinski definition) is 8. The first-order valence-corrected chi connectivity index (χ1v) is 23.1. The molecule has 48 heavy (non-hydrogen) atoms. The summed E-state index contributed by atoms with van der Waals surface area (Å²) in [5, 5.41) is 8.78. The van der Waals surface area contributed by atoms with E-state index < -0.39 is 40.9 Å². The summed E-state index contributed by atoms with van der Waals surface area (Å²) in [5.74, 6) is 0. The molecule has 0 aromatic rings. The van der Waals surface area contributed by atoms with Gasteiger partial charge < -0.3 is 20.9 Å². The van der Waals surface area contributed by atoms with Gasteiger partial charge in [0.15, 0.2) is 0 Å². The first-order valence-electron chi connectivity index (χ1n) is 18.3. The van der Waals surface area contributed by atoms with Gasteiger partial charge in [0.2, 0.25) is 18.3 Å². The van der Waals surface area contributed by atoms with Crippen molar-refractivity contribution in [1.82, 2.24) is 25.8 Å². The molecule has 2 fully saturated rings.